The minimum Gasteiger partial charge on any atom is -0.497 e. The summed E-state index contributed by atoms with van der Waals surface area (Å²) in [6, 6.07) is 7.11. The van der Waals surface area contributed by atoms with Gasteiger partial charge in [-0.25, -0.2) is 9.78 Å². The second kappa shape index (κ2) is 8.60. The van der Waals surface area contributed by atoms with Gasteiger partial charge >= 0.3 is 5.97 Å². The number of aromatic nitrogens is 1. The molecule has 2 amide bonds. The maximum Gasteiger partial charge on any atom is 0.350 e. The first-order chi connectivity index (χ1) is 13.8. The van der Waals surface area contributed by atoms with E-state index in [-0.39, 0.29) is 30.9 Å². The average molecular weight is 417 g/mol. The molecule has 1 atom stereocenters. The second-order valence-corrected chi connectivity index (χ2v) is 7.98. The van der Waals surface area contributed by atoms with Crippen LogP contribution in [-0.4, -0.2) is 42.5 Å². The summed E-state index contributed by atoms with van der Waals surface area (Å²) >= 11 is 1.07. The normalized spacial score (nSPS) is 16.2. The van der Waals surface area contributed by atoms with E-state index in [1.165, 1.54) is 0 Å². The van der Waals surface area contributed by atoms with E-state index in [9.17, 15) is 14.4 Å². The summed E-state index contributed by atoms with van der Waals surface area (Å²) in [7, 11) is 1.57. The molecule has 1 aromatic heterocycles. The van der Waals surface area contributed by atoms with Crippen LogP contribution in [0.1, 0.15) is 35.6 Å². The number of carbonyl (C=O) groups excluding carboxylic acids is 3. The minimum atomic E-state index is -0.500. The highest BCUT2D eigenvalue weighted by Gasteiger charge is 2.35. The van der Waals surface area contributed by atoms with Gasteiger partial charge in [-0.2, -0.15) is 0 Å². The molecule has 29 heavy (non-hydrogen) atoms. The van der Waals surface area contributed by atoms with E-state index in [0.29, 0.717) is 21.5 Å². The number of thiazole rings is 1. The summed E-state index contributed by atoms with van der Waals surface area (Å²) in [5, 5.41) is 3.04. The fourth-order valence-corrected chi connectivity index (χ4v) is 3.86. The van der Waals surface area contributed by atoms with Crippen molar-refractivity contribution in [2.45, 2.75) is 33.3 Å². The topological polar surface area (TPSA) is 97.8 Å². The highest BCUT2D eigenvalue weighted by molar-refractivity contribution is 7.17. The monoisotopic (exact) mass is 417 g/mol. The first-order valence-corrected chi connectivity index (χ1v) is 10.0. The van der Waals surface area contributed by atoms with E-state index in [1.54, 1.807) is 57.0 Å². The van der Waals surface area contributed by atoms with Crippen LogP contribution in [0.5, 0.6) is 5.75 Å². The molecule has 1 aliphatic rings. The summed E-state index contributed by atoms with van der Waals surface area (Å²) < 4.78 is 10.3. The zero-order valence-corrected chi connectivity index (χ0v) is 17.5. The molecule has 1 aliphatic heterocycles. The fourth-order valence-electron chi connectivity index (χ4n) is 3.01. The highest BCUT2D eigenvalue weighted by atomic mass is 32.1. The minimum absolute atomic E-state index is 0.116. The molecule has 1 unspecified atom stereocenters. The number of hydrogen-bond donors (Lipinski definition) is 1. The Labute approximate surface area is 172 Å². The van der Waals surface area contributed by atoms with Gasteiger partial charge < -0.3 is 19.7 Å². The Bertz CT molecular complexity index is 923. The van der Waals surface area contributed by atoms with Gasteiger partial charge in [-0.05, 0) is 45.0 Å². The van der Waals surface area contributed by atoms with Crippen molar-refractivity contribution >= 4 is 39.9 Å². The van der Waals surface area contributed by atoms with Crippen molar-refractivity contribution in [3.63, 3.8) is 0 Å². The molecule has 2 aromatic rings. The molecule has 3 rings (SSSR count). The third-order valence-corrected chi connectivity index (χ3v) is 5.49. The van der Waals surface area contributed by atoms with Crippen LogP contribution in [-0.2, 0) is 14.3 Å². The average Bonchev–Trinajstić information content (AvgIpc) is 3.24. The molecule has 0 saturated carbocycles. The number of rotatable bonds is 6. The van der Waals surface area contributed by atoms with Crippen molar-refractivity contribution in [3.8, 4) is 5.75 Å². The van der Waals surface area contributed by atoms with Gasteiger partial charge in [-0.1, -0.05) is 11.3 Å². The Morgan fingerprint density at radius 2 is 1.97 bits per heavy atom. The summed E-state index contributed by atoms with van der Waals surface area (Å²) in [4.78, 5) is 43.3. The van der Waals surface area contributed by atoms with Gasteiger partial charge in [0.2, 0.25) is 11.8 Å². The van der Waals surface area contributed by atoms with Gasteiger partial charge in [0.05, 0.1) is 24.8 Å². The molecule has 1 saturated heterocycles. The van der Waals surface area contributed by atoms with E-state index in [4.69, 9.17) is 9.47 Å². The van der Waals surface area contributed by atoms with Crippen molar-refractivity contribution < 1.29 is 23.9 Å². The number of nitrogens with zero attached hydrogens (tertiary/aromatic N) is 2. The number of benzene rings is 1. The third kappa shape index (κ3) is 4.73. The molecular weight excluding hydrogens is 394 g/mol. The van der Waals surface area contributed by atoms with Crippen LogP contribution in [0.25, 0.3) is 0 Å². The number of amides is 2. The van der Waals surface area contributed by atoms with Gasteiger partial charge in [0, 0.05) is 18.7 Å². The van der Waals surface area contributed by atoms with E-state index in [1.807, 2.05) is 0 Å². The maximum absolute atomic E-state index is 12.6. The molecule has 9 heteroatoms. The molecule has 154 valence electrons. The van der Waals surface area contributed by atoms with Crippen LogP contribution >= 0.6 is 11.3 Å². The molecule has 1 fully saturated rings. The van der Waals surface area contributed by atoms with Crippen LogP contribution in [0.15, 0.2) is 24.3 Å². The third-order valence-electron chi connectivity index (χ3n) is 4.43. The van der Waals surface area contributed by atoms with Crippen molar-refractivity contribution in [2.75, 3.05) is 23.9 Å². The number of nitrogens with one attached hydrogen (secondary N) is 1. The lowest BCUT2D eigenvalue weighted by molar-refractivity contribution is -0.122. The molecule has 0 spiro atoms. The van der Waals surface area contributed by atoms with Crippen molar-refractivity contribution in [1.29, 1.82) is 0 Å². The zero-order chi connectivity index (χ0) is 21.1. The zero-order valence-electron chi connectivity index (χ0n) is 16.7. The quantitative estimate of drug-likeness (QED) is 0.726. The van der Waals surface area contributed by atoms with Gasteiger partial charge in [0.25, 0.3) is 0 Å². The van der Waals surface area contributed by atoms with E-state index < -0.39 is 11.9 Å². The van der Waals surface area contributed by atoms with Crippen LogP contribution in [0.2, 0.25) is 0 Å². The van der Waals surface area contributed by atoms with Crippen LogP contribution in [0, 0.1) is 12.8 Å². The fraction of sp³-hybridized carbons (Fsp3) is 0.400. The summed E-state index contributed by atoms with van der Waals surface area (Å²) in [6.07, 6.45) is -0.125. The second-order valence-electron chi connectivity index (χ2n) is 6.98. The Morgan fingerprint density at radius 3 is 2.59 bits per heavy atom. The Morgan fingerprint density at radius 1 is 1.28 bits per heavy atom. The van der Waals surface area contributed by atoms with E-state index >= 15 is 0 Å². The smallest absolute Gasteiger partial charge is 0.350 e. The molecule has 0 aliphatic carbocycles. The number of ether oxygens (including phenoxy) is 2. The first-order valence-electron chi connectivity index (χ1n) is 9.22. The van der Waals surface area contributed by atoms with E-state index in [2.05, 4.69) is 10.3 Å². The Kier molecular flexibility index (Phi) is 6.17. The van der Waals surface area contributed by atoms with Crippen molar-refractivity contribution in [2.24, 2.45) is 5.92 Å². The number of aryl methyl sites for hydroxylation is 1. The summed E-state index contributed by atoms with van der Waals surface area (Å²) in [6.45, 7) is 5.50. The molecule has 1 N–H and O–H groups in total. The first kappa shape index (κ1) is 20.8. The number of hydrogen-bond acceptors (Lipinski definition) is 7. The molecule has 0 bridgehead atoms. The highest BCUT2D eigenvalue weighted by Crippen LogP contribution is 2.29. The van der Waals surface area contributed by atoms with Gasteiger partial charge in [0.1, 0.15) is 10.6 Å². The van der Waals surface area contributed by atoms with Crippen molar-refractivity contribution in [3.05, 3.63) is 34.8 Å². The number of esters is 1. The van der Waals surface area contributed by atoms with Crippen molar-refractivity contribution in [1.82, 2.24) is 4.98 Å². The number of carbonyl (C=O) groups is 3. The number of methoxy groups -OCH3 is 1. The van der Waals surface area contributed by atoms with Gasteiger partial charge in [-0.3, -0.25) is 9.59 Å². The molecule has 0 radical (unpaired) electrons. The lowest BCUT2D eigenvalue weighted by atomic mass is 10.1. The molecular formula is C20H23N3O5S. The molecule has 1 aromatic carbocycles. The summed E-state index contributed by atoms with van der Waals surface area (Å²) in [5.74, 6) is -0.684. The lowest BCUT2D eigenvalue weighted by Crippen LogP contribution is -2.28. The maximum atomic E-state index is 12.6. The van der Waals surface area contributed by atoms with Gasteiger partial charge in [0.15, 0.2) is 5.13 Å². The lowest BCUT2D eigenvalue weighted by Gasteiger charge is -2.16. The van der Waals surface area contributed by atoms with Crippen LogP contribution in [0.4, 0.5) is 10.8 Å². The SMILES string of the molecule is COc1ccc(N2CC(C(=O)Nc3nc(C)c(C(=O)OC(C)C)s3)CC2=O)cc1. The predicted molar refractivity (Wildman–Crippen MR) is 109 cm³/mol. The van der Waals surface area contributed by atoms with E-state index in [0.717, 1.165) is 17.0 Å². The predicted octanol–water partition coefficient (Wildman–Crippen LogP) is 3.02. The largest absolute Gasteiger partial charge is 0.497 e. The number of anilines is 2. The van der Waals surface area contributed by atoms with Gasteiger partial charge in [-0.15, -0.1) is 0 Å². The Hall–Kier alpha value is -2.94. The Balaban J connectivity index is 1.65. The molecule has 8 nitrogen and oxygen atoms in total. The summed E-state index contributed by atoms with van der Waals surface area (Å²) in [5.41, 5.74) is 1.22. The van der Waals surface area contributed by atoms with Crippen LogP contribution < -0.4 is 15.0 Å². The molecule has 2 heterocycles. The standard InChI is InChI=1S/C20H23N3O5S/c1-11(2)28-19(26)17-12(3)21-20(29-17)22-18(25)13-9-16(24)23(10-13)14-5-7-15(27-4)8-6-14/h5-8,11,13H,9-10H2,1-4H3,(H,21,22,25). The van der Waals surface area contributed by atoms with Crippen LogP contribution in [0.3, 0.4) is 0 Å².